The fourth-order valence-electron chi connectivity index (χ4n) is 3.02. The number of carbonyl (C=O) groups excluding carboxylic acids is 1. The first-order chi connectivity index (χ1) is 13.8. The first-order valence-corrected chi connectivity index (χ1v) is 11.1. The number of nitrogens with one attached hydrogen (secondary N) is 1. The average molecular weight is 477 g/mol. The predicted octanol–water partition coefficient (Wildman–Crippen LogP) is 0.960. The van der Waals surface area contributed by atoms with E-state index in [2.05, 4.69) is 5.10 Å². The minimum atomic E-state index is -4.11. The predicted molar refractivity (Wildman–Crippen MR) is 115 cm³/mol. The number of H-pyrrole nitrogens is 1. The molecule has 2 aromatic rings. The van der Waals surface area contributed by atoms with E-state index in [1.165, 1.54) is 22.6 Å². The topological polar surface area (TPSA) is 156 Å². The number of fused-ring (bicyclic) bond motifs is 1. The summed E-state index contributed by atoms with van der Waals surface area (Å²) in [5, 5.41) is 17.0. The molecule has 0 radical (unpaired) electrons. The van der Waals surface area contributed by atoms with Crippen molar-refractivity contribution in [1.29, 1.82) is 0 Å². The second kappa shape index (κ2) is 9.25. The molecule has 0 fully saturated rings. The van der Waals surface area contributed by atoms with Crippen LogP contribution in [0.15, 0.2) is 21.8 Å². The van der Waals surface area contributed by atoms with Crippen LogP contribution in [-0.4, -0.2) is 58.0 Å². The Morgan fingerprint density at radius 1 is 1.40 bits per heavy atom. The number of Topliss-reactive ketones (excluding diaryl/α,β-unsaturated/α-hetero) is 1. The van der Waals surface area contributed by atoms with Crippen molar-refractivity contribution in [3.8, 4) is 0 Å². The van der Waals surface area contributed by atoms with Gasteiger partial charge >= 0.3 is 5.97 Å². The SMILES string of the molecule is CC(=O)CC(C)C(=S)N(CCn1[nH]c2cc(Cl)c(S(N)(=O)=O)cc2c1=O)CC(=O)O. The molecule has 0 amide bonds. The zero-order chi connectivity index (χ0) is 22.8. The van der Waals surface area contributed by atoms with Crippen molar-refractivity contribution in [1.82, 2.24) is 14.7 Å². The maximum atomic E-state index is 12.6. The molecule has 0 bridgehead atoms. The first kappa shape index (κ1) is 24.0. The smallest absolute Gasteiger partial charge is 0.323 e. The molecule has 1 aromatic heterocycles. The number of halogens is 1. The summed E-state index contributed by atoms with van der Waals surface area (Å²) in [6.07, 6.45) is 0.177. The zero-order valence-electron chi connectivity index (χ0n) is 16.2. The van der Waals surface area contributed by atoms with Crippen molar-refractivity contribution < 1.29 is 23.1 Å². The quantitative estimate of drug-likeness (QED) is 0.452. The molecule has 0 spiro atoms. The molecule has 0 aliphatic heterocycles. The molecular weight excluding hydrogens is 456 g/mol. The van der Waals surface area contributed by atoms with Crippen LogP contribution in [0.3, 0.4) is 0 Å². The summed E-state index contributed by atoms with van der Waals surface area (Å²) in [6.45, 7) is 2.87. The number of primary sulfonamides is 1. The molecule has 1 unspecified atom stereocenters. The molecule has 164 valence electrons. The van der Waals surface area contributed by atoms with E-state index in [4.69, 9.17) is 29.0 Å². The van der Waals surface area contributed by atoms with Gasteiger partial charge in [-0.2, -0.15) is 0 Å². The number of hydrogen-bond donors (Lipinski definition) is 3. The summed E-state index contributed by atoms with van der Waals surface area (Å²) in [4.78, 5) is 36.5. The number of nitrogens with two attached hydrogens (primary N) is 1. The van der Waals surface area contributed by atoms with Crippen molar-refractivity contribution in [3.63, 3.8) is 0 Å². The summed E-state index contributed by atoms with van der Waals surface area (Å²) < 4.78 is 24.4. The molecule has 4 N–H and O–H groups in total. The molecule has 30 heavy (non-hydrogen) atoms. The standard InChI is InChI=1S/C17H21ClN4O6S2/c1-9(5-10(2)23)17(29)21(8-15(24)25)3-4-22-16(26)11-6-14(30(19,27)28)12(18)7-13(11)20-22/h6-7,9,20H,3-5,8H2,1-2H3,(H,24,25)(H2,19,27,28). The summed E-state index contributed by atoms with van der Waals surface area (Å²) in [5.41, 5.74) is -0.223. The highest BCUT2D eigenvalue weighted by atomic mass is 35.5. The number of rotatable bonds is 9. The van der Waals surface area contributed by atoms with Crippen LogP contribution >= 0.6 is 23.8 Å². The number of aliphatic carboxylic acids is 1. The van der Waals surface area contributed by atoms with Gasteiger partial charge in [0.2, 0.25) is 10.0 Å². The highest BCUT2D eigenvalue weighted by molar-refractivity contribution is 7.89. The minimum Gasteiger partial charge on any atom is -0.480 e. The van der Waals surface area contributed by atoms with E-state index < -0.39 is 28.1 Å². The van der Waals surface area contributed by atoms with Crippen LogP contribution < -0.4 is 10.7 Å². The second-order valence-electron chi connectivity index (χ2n) is 6.90. The molecule has 10 nitrogen and oxygen atoms in total. The molecule has 13 heteroatoms. The van der Waals surface area contributed by atoms with Crippen LogP contribution in [0.2, 0.25) is 5.02 Å². The van der Waals surface area contributed by atoms with Gasteiger partial charge in [-0.05, 0) is 19.1 Å². The van der Waals surface area contributed by atoms with Crippen LogP contribution in [0.25, 0.3) is 10.9 Å². The van der Waals surface area contributed by atoms with Gasteiger partial charge in [-0.3, -0.25) is 19.4 Å². The largest absolute Gasteiger partial charge is 0.480 e. The Morgan fingerprint density at radius 2 is 2.03 bits per heavy atom. The minimum absolute atomic E-state index is 0.0378. The van der Waals surface area contributed by atoms with Gasteiger partial charge in [0.15, 0.2) is 0 Å². The molecular formula is C17H21ClN4O6S2. The number of aromatic nitrogens is 2. The van der Waals surface area contributed by atoms with E-state index in [1.54, 1.807) is 6.92 Å². The zero-order valence-corrected chi connectivity index (χ0v) is 18.6. The number of hydrogen-bond acceptors (Lipinski definition) is 6. The number of ketones is 1. The highest BCUT2D eigenvalue weighted by Crippen LogP contribution is 2.24. The molecule has 1 heterocycles. The van der Waals surface area contributed by atoms with Gasteiger partial charge in [0, 0.05) is 18.9 Å². The number of benzene rings is 1. The molecule has 0 saturated heterocycles. The first-order valence-electron chi connectivity index (χ1n) is 8.76. The van der Waals surface area contributed by atoms with Crippen LogP contribution in [0, 0.1) is 5.92 Å². The van der Waals surface area contributed by atoms with Gasteiger partial charge < -0.3 is 14.8 Å². The lowest BCUT2D eigenvalue weighted by Crippen LogP contribution is -2.41. The number of nitrogens with zero attached hydrogens (tertiary/aromatic N) is 2. The van der Waals surface area contributed by atoms with E-state index in [1.807, 2.05) is 0 Å². The van der Waals surface area contributed by atoms with Crippen LogP contribution in [0.5, 0.6) is 0 Å². The Kier molecular flexibility index (Phi) is 7.40. The third kappa shape index (κ3) is 5.65. The number of sulfonamides is 1. The van der Waals surface area contributed by atoms with E-state index in [0.29, 0.717) is 10.5 Å². The third-order valence-electron chi connectivity index (χ3n) is 4.36. The summed E-state index contributed by atoms with van der Waals surface area (Å²) >= 11 is 11.3. The lowest BCUT2D eigenvalue weighted by Gasteiger charge is -2.26. The highest BCUT2D eigenvalue weighted by Gasteiger charge is 2.21. The fourth-order valence-corrected chi connectivity index (χ4v) is 4.36. The molecule has 0 aliphatic carbocycles. The Balaban J connectivity index is 2.32. The third-order valence-corrected chi connectivity index (χ3v) is 6.39. The van der Waals surface area contributed by atoms with Gasteiger partial charge in [0.05, 0.1) is 27.5 Å². The lowest BCUT2D eigenvalue weighted by atomic mass is 10.0. The van der Waals surface area contributed by atoms with Crippen molar-refractivity contribution in [2.24, 2.45) is 11.1 Å². The maximum absolute atomic E-state index is 12.6. The van der Waals surface area contributed by atoms with E-state index >= 15 is 0 Å². The number of carboxylic acids is 1. The normalized spacial score (nSPS) is 12.7. The fraction of sp³-hybridized carbons (Fsp3) is 0.412. The second-order valence-corrected chi connectivity index (χ2v) is 9.26. The van der Waals surface area contributed by atoms with Crippen molar-refractivity contribution in [3.05, 3.63) is 27.5 Å². The van der Waals surface area contributed by atoms with Crippen LogP contribution in [0.1, 0.15) is 20.3 Å². The van der Waals surface area contributed by atoms with Crippen LogP contribution in [-0.2, 0) is 26.2 Å². The Labute approximate surface area is 182 Å². The number of aromatic amines is 1. The van der Waals surface area contributed by atoms with Gasteiger partial charge in [0.1, 0.15) is 17.2 Å². The summed E-state index contributed by atoms with van der Waals surface area (Å²) in [6, 6.07) is 2.38. The molecule has 0 aliphatic rings. The Bertz CT molecular complexity index is 1170. The monoisotopic (exact) mass is 476 g/mol. The Morgan fingerprint density at radius 3 is 2.57 bits per heavy atom. The molecule has 2 rings (SSSR count). The molecule has 1 atom stereocenters. The maximum Gasteiger partial charge on any atom is 0.323 e. The number of carbonyl (C=O) groups is 2. The van der Waals surface area contributed by atoms with Gasteiger partial charge in [-0.1, -0.05) is 30.7 Å². The molecule has 0 saturated carbocycles. The van der Waals surface area contributed by atoms with Gasteiger partial charge in [-0.15, -0.1) is 0 Å². The number of thiocarbonyl (C=S) groups is 1. The van der Waals surface area contributed by atoms with Crippen molar-refractivity contribution in [2.75, 3.05) is 13.1 Å². The van der Waals surface area contributed by atoms with Gasteiger partial charge in [-0.25, -0.2) is 13.6 Å². The van der Waals surface area contributed by atoms with E-state index in [-0.39, 0.29) is 46.5 Å². The average Bonchev–Trinajstić information content (AvgIpc) is 2.90. The molecule has 1 aromatic carbocycles. The van der Waals surface area contributed by atoms with Crippen molar-refractivity contribution >= 4 is 61.5 Å². The Hall–Kier alpha value is -2.28. The van der Waals surface area contributed by atoms with Gasteiger partial charge in [0.25, 0.3) is 5.56 Å². The van der Waals surface area contributed by atoms with E-state index in [0.717, 1.165) is 6.07 Å². The van der Waals surface area contributed by atoms with Crippen molar-refractivity contribution in [2.45, 2.75) is 31.7 Å². The summed E-state index contributed by atoms with van der Waals surface area (Å²) in [5.74, 6) is -1.53. The van der Waals surface area contributed by atoms with E-state index in [9.17, 15) is 27.9 Å². The summed E-state index contributed by atoms with van der Waals surface area (Å²) in [7, 11) is -4.11. The number of carboxylic acid groups (broad SMARTS) is 1. The van der Waals surface area contributed by atoms with Crippen LogP contribution in [0.4, 0.5) is 0 Å². The lowest BCUT2D eigenvalue weighted by molar-refractivity contribution is -0.137.